The molecule has 0 aromatic carbocycles. The van der Waals surface area contributed by atoms with Crippen LogP contribution < -0.4 is 5.32 Å². The minimum atomic E-state index is -2.92. The summed E-state index contributed by atoms with van der Waals surface area (Å²) in [4.78, 5) is 0. The average molecular weight is 235 g/mol. The molecule has 0 saturated heterocycles. The van der Waals surface area contributed by atoms with Crippen molar-refractivity contribution < 1.29 is 8.42 Å². The zero-order valence-corrected chi connectivity index (χ0v) is 11.3. The van der Waals surface area contributed by atoms with Gasteiger partial charge in [-0.15, -0.1) is 0 Å². The first-order valence-electron chi connectivity index (χ1n) is 5.74. The highest BCUT2D eigenvalue weighted by Crippen LogP contribution is 2.16. The second kappa shape index (κ2) is 6.48. The molecule has 0 fully saturated rings. The van der Waals surface area contributed by atoms with Gasteiger partial charge in [-0.1, -0.05) is 6.92 Å². The van der Waals surface area contributed by atoms with Crippen LogP contribution in [0.4, 0.5) is 0 Å². The van der Waals surface area contributed by atoms with E-state index in [1.165, 1.54) is 0 Å². The fourth-order valence-electron chi connectivity index (χ4n) is 1.15. The highest BCUT2D eigenvalue weighted by atomic mass is 32.2. The van der Waals surface area contributed by atoms with Crippen LogP contribution in [0.15, 0.2) is 0 Å². The molecule has 0 amide bonds. The first-order chi connectivity index (χ1) is 6.81. The predicted molar refractivity (Wildman–Crippen MR) is 65.9 cm³/mol. The molecule has 0 rings (SSSR count). The first-order valence-corrected chi connectivity index (χ1v) is 7.39. The molecule has 0 spiro atoms. The number of unbranched alkanes of at least 4 members (excludes halogenated alkanes) is 1. The number of nitrogens with one attached hydrogen (secondary N) is 1. The Kier molecular flexibility index (Phi) is 6.44. The van der Waals surface area contributed by atoms with E-state index in [-0.39, 0.29) is 0 Å². The van der Waals surface area contributed by atoms with E-state index in [0.717, 1.165) is 32.4 Å². The maximum Gasteiger partial charge on any atom is 0.155 e. The molecule has 15 heavy (non-hydrogen) atoms. The molecule has 0 unspecified atom stereocenters. The van der Waals surface area contributed by atoms with Crippen LogP contribution in [0.5, 0.6) is 0 Å². The summed E-state index contributed by atoms with van der Waals surface area (Å²) in [6, 6.07) is 0. The van der Waals surface area contributed by atoms with Gasteiger partial charge in [0.05, 0.1) is 10.5 Å². The van der Waals surface area contributed by atoms with Crippen molar-refractivity contribution in [2.45, 2.75) is 51.7 Å². The van der Waals surface area contributed by atoms with Crippen LogP contribution in [0.2, 0.25) is 0 Å². The van der Waals surface area contributed by atoms with Crippen LogP contribution in [0.25, 0.3) is 0 Å². The minimum absolute atomic E-state index is 0.310. The van der Waals surface area contributed by atoms with Crippen molar-refractivity contribution in [3.05, 3.63) is 0 Å². The fourth-order valence-corrected chi connectivity index (χ4v) is 2.35. The first kappa shape index (κ1) is 14.9. The van der Waals surface area contributed by atoms with Crippen molar-refractivity contribution in [1.29, 1.82) is 0 Å². The van der Waals surface area contributed by atoms with E-state index in [9.17, 15) is 8.42 Å². The van der Waals surface area contributed by atoms with Crippen LogP contribution in [0.3, 0.4) is 0 Å². The molecule has 92 valence electrons. The van der Waals surface area contributed by atoms with Crippen LogP contribution in [-0.2, 0) is 9.84 Å². The van der Waals surface area contributed by atoms with Gasteiger partial charge >= 0.3 is 0 Å². The second-order valence-corrected chi connectivity index (χ2v) is 7.75. The standard InChI is InChI=1S/C11H25NO2S/c1-5-8-12-9-6-7-10-15(13,14)11(2,3)4/h12H,5-10H2,1-4H3. The summed E-state index contributed by atoms with van der Waals surface area (Å²) in [5, 5.41) is 3.27. The molecule has 0 radical (unpaired) electrons. The van der Waals surface area contributed by atoms with Crippen LogP contribution in [-0.4, -0.2) is 32.0 Å². The van der Waals surface area contributed by atoms with E-state index in [1.54, 1.807) is 20.8 Å². The number of hydrogen-bond acceptors (Lipinski definition) is 3. The van der Waals surface area contributed by atoms with Crippen LogP contribution in [0, 0.1) is 0 Å². The van der Waals surface area contributed by atoms with Gasteiger partial charge in [0.15, 0.2) is 9.84 Å². The SMILES string of the molecule is CCCNCCCCS(=O)(=O)C(C)(C)C. The Balaban J connectivity index is 3.69. The topological polar surface area (TPSA) is 46.2 Å². The molecule has 0 aliphatic carbocycles. The number of rotatable bonds is 7. The van der Waals surface area contributed by atoms with Crippen molar-refractivity contribution in [2.24, 2.45) is 0 Å². The molecule has 0 bridgehead atoms. The monoisotopic (exact) mass is 235 g/mol. The number of sulfone groups is 1. The highest BCUT2D eigenvalue weighted by Gasteiger charge is 2.27. The quantitative estimate of drug-likeness (QED) is 0.686. The second-order valence-electron chi connectivity index (χ2n) is 4.89. The Bertz CT molecular complexity index is 252. The summed E-state index contributed by atoms with van der Waals surface area (Å²) in [7, 11) is -2.92. The predicted octanol–water partition coefficient (Wildman–Crippen LogP) is 1.98. The normalized spacial score (nSPS) is 13.1. The lowest BCUT2D eigenvalue weighted by Crippen LogP contribution is -2.30. The Labute approximate surface area is 94.6 Å². The Morgan fingerprint density at radius 2 is 1.67 bits per heavy atom. The summed E-state index contributed by atoms with van der Waals surface area (Å²) in [6.07, 6.45) is 2.83. The summed E-state index contributed by atoms with van der Waals surface area (Å²) in [5.74, 6) is 0.310. The summed E-state index contributed by atoms with van der Waals surface area (Å²) < 4.78 is 22.8. The third-order valence-corrected chi connectivity index (χ3v) is 5.07. The van der Waals surface area contributed by atoms with Crippen molar-refractivity contribution in [2.75, 3.05) is 18.8 Å². The van der Waals surface area contributed by atoms with Gasteiger partial charge in [0.2, 0.25) is 0 Å². The van der Waals surface area contributed by atoms with Gasteiger partial charge in [-0.25, -0.2) is 8.42 Å². The Morgan fingerprint density at radius 3 is 2.13 bits per heavy atom. The molecule has 0 aliphatic rings. The molecule has 0 saturated carbocycles. The molecule has 0 aromatic rings. The fraction of sp³-hybridized carbons (Fsp3) is 1.00. The van der Waals surface area contributed by atoms with E-state index in [0.29, 0.717) is 5.75 Å². The third kappa shape index (κ3) is 6.15. The molecule has 0 heterocycles. The van der Waals surface area contributed by atoms with Crippen molar-refractivity contribution in [3.8, 4) is 0 Å². The van der Waals surface area contributed by atoms with E-state index in [1.807, 2.05) is 0 Å². The highest BCUT2D eigenvalue weighted by molar-refractivity contribution is 7.92. The summed E-state index contributed by atoms with van der Waals surface area (Å²) in [5.41, 5.74) is 0. The van der Waals surface area contributed by atoms with Crippen molar-refractivity contribution in [3.63, 3.8) is 0 Å². The molecule has 4 heteroatoms. The maximum absolute atomic E-state index is 11.7. The Morgan fingerprint density at radius 1 is 1.07 bits per heavy atom. The van der Waals surface area contributed by atoms with E-state index in [2.05, 4.69) is 12.2 Å². The van der Waals surface area contributed by atoms with Crippen molar-refractivity contribution in [1.82, 2.24) is 5.32 Å². The lowest BCUT2D eigenvalue weighted by atomic mass is 10.3. The van der Waals surface area contributed by atoms with Gasteiger partial charge in [-0.2, -0.15) is 0 Å². The van der Waals surface area contributed by atoms with Crippen LogP contribution in [0.1, 0.15) is 47.0 Å². The molecule has 3 nitrogen and oxygen atoms in total. The largest absolute Gasteiger partial charge is 0.317 e. The van der Waals surface area contributed by atoms with Gasteiger partial charge in [-0.05, 0) is 53.1 Å². The lowest BCUT2D eigenvalue weighted by molar-refractivity contribution is 0.553. The smallest absolute Gasteiger partial charge is 0.155 e. The third-order valence-electron chi connectivity index (χ3n) is 2.38. The van der Waals surface area contributed by atoms with Gasteiger partial charge < -0.3 is 5.32 Å². The van der Waals surface area contributed by atoms with Gasteiger partial charge in [0.25, 0.3) is 0 Å². The van der Waals surface area contributed by atoms with Gasteiger partial charge in [0, 0.05) is 0 Å². The molecule has 0 aromatic heterocycles. The van der Waals surface area contributed by atoms with E-state index >= 15 is 0 Å². The maximum atomic E-state index is 11.7. The van der Waals surface area contributed by atoms with E-state index in [4.69, 9.17) is 0 Å². The molecule has 0 aliphatic heterocycles. The zero-order chi connectivity index (χ0) is 11.9. The molecule has 0 atom stereocenters. The molecular formula is C11H25NO2S. The van der Waals surface area contributed by atoms with Gasteiger partial charge in [0.1, 0.15) is 0 Å². The lowest BCUT2D eigenvalue weighted by Gasteiger charge is -2.18. The number of hydrogen-bond donors (Lipinski definition) is 1. The van der Waals surface area contributed by atoms with E-state index < -0.39 is 14.6 Å². The summed E-state index contributed by atoms with van der Waals surface area (Å²) in [6.45, 7) is 9.35. The molecule has 1 N–H and O–H groups in total. The van der Waals surface area contributed by atoms with Crippen molar-refractivity contribution >= 4 is 9.84 Å². The molecular weight excluding hydrogens is 210 g/mol. The minimum Gasteiger partial charge on any atom is -0.317 e. The average Bonchev–Trinajstić information content (AvgIpc) is 2.09. The summed E-state index contributed by atoms with van der Waals surface area (Å²) >= 11 is 0. The zero-order valence-electron chi connectivity index (χ0n) is 10.5. The van der Waals surface area contributed by atoms with Gasteiger partial charge in [-0.3, -0.25) is 0 Å². The van der Waals surface area contributed by atoms with Crippen LogP contribution >= 0.6 is 0 Å². The Hall–Kier alpha value is -0.0900.